The number of likely N-dealkylation sites (N-methyl/N-ethyl adjacent to an activating group) is 1. The molecule has 0 fully saturated rings. The van der Waals surface area contributed by atoms with Crippen LogP contribution >= 0.6 is 11.8 Å². The van der Waals surface area contributed by atoms with Crippen molar-refractivity contribution < 1.29 is 14.6 Å². The molecule has 0 saturated carbocycles. The number of aliphatic hydroxyl groups is 1. The Kier molecular flexibility index (Phi) is 4.53. The summed E-state index contributed by atoms with van der Waals surface area (Å²) in [6.45, 7) is 0. The molecule has 1 unspecified atom stereocenters. The van der Waals surface area contributed by atoms with E-state index in [9.17, 15) is 5.11 Å². The molecule has 1 N–H and O–H groups in total. The lowest BCUT2D eigenvalue weighted by molar-refractivity contribution is 0.302. The molecule has 0 spiro atoms. The Labute approximate surface area is 145 Å². The number of allylic oxidation sites excluding steroid dienone is 2. The van der Waals surface area contributed by atoms with Crippen molar-refractivity contribution in [1.82, 2.24) is 4.90 Å². The first-order valence-corrected chi connectivity index (χ1v) is 8.62. The number of nitrogens with zero attached hydrogens (tertiary/aromatic N) is 3. The molecule has 2 aliphatic rings. The molecular formula is C17H19N3O3S. The fraction of sp³-hybridized carbons (Fsp3) is 0.294. The number of aliphatic imine (C=N–C) groups is 2. The van der Waals surface area contributed by atoms with Crippen molar-refractivity contribution in [2.24, 2.45) is 9.98 Å². The van der Waals surface area contributed by atoms with Crippen LogP contribution in [0.2, 0.25) is 0 Å². The van der Waals surface area contributed by atoms with Gasteiger partial charge in [0, 0.05) is 30.5 Å². The van der Waals surface area contributed by atoms with E-state index < -0.39 is 0 Å². The zero-order chi connectivity index (χ0) is 17.3. The summed E-state index contributed by atoms with van der Waals surface area (Å²) in [5, 5.41) is 10.7. The molecule has 0 aliphatic carbocycles. The number of benzene rings is 1. The molecular weight excluding hydrogens is 326 g/mol. The van der Waals surface area contributed by atoms with Gasteiger partial charge in [0.2, 0.25) is 0 Å². The molecule has 0 bridgehead atoms. The van der Waals surface area contributed by atoms with Crippen LogP contribution in [0.4, 0.5) is 0 Å². The second-order valence-electron chi connectivity index (χ2n) is 5.29. The fourth-order valence-corrected chi connectivity index (χ4v) is 2.97. The Hall–Kier alpha value is -2.41. The molecule has 1 atom stereocenters. The van der Waals surface area contributed by atoms with Crippen LogP contribution in [0.5, 0.6) is 11.5 Å². The van der Waals surface area contributed by atoms with Crippen LogP contribution in [0, 0.1) is 0 Å². The summed E-state index contributed by atoms with van der Waals surface area (Å²) >= 11 is 1.54. The van der Waals surface area contributed by atoms with Gasteiger partial charge in [0.15, 0.2) is 11.4 Å². The van der Waals surface area contributed by atoms with Gasteiger partial charge in [-0.15, -0.1) is 11.8 Å². The van der Waals surface area contributed by atoms with E-state index in [0.29, 0.717) is 22.9 Å². The number of methoxy groups -OCH3 is 2. The molecule has 0 amide bonds. The highest BCUT2D eigenvalue weighted by Crippen LogP contribution is 2.34. The summed E-state index contributed by atoms with van der Waals surface area (Å²) in [5.41, 5.74) is 2.14. The number of hydrogen-bond donors (Lipinski definition) is 1. The van der Waals surface area contributed by atoms with Crippen molar-refractivity contribution in [1.29, 1.82) is 0 Å². The van der Waals surface area contributed by atoms with E-state index in [1.54, 1.807) is 50.2 Å². The van der Waals surface area contributed by atoms with Gasteiger partial charge in [-0.05, 0) is 30.0 Å². The molecule has 126 valence electrons. The summed E-state index contributed by atoms with van der Waals surface area (Å²) in [6, 6.07) is 5.50. The summed E-state index contributed by atoms with van der Waals surface area (Å²) in [6.07, 6.45) is 5.62. The number of ether oxygens (including phenoxy) is 2. The van der Waals surface area contributed by atoms with Crippen LogP contribution in [0.3, 0.4) is 0 Å². The van der Waals surface area contributed by atoms with Gasteiger partial charge in [-0.1, -0.05) is 0 Å². The second kappa shape index (κ2) is 6.60. The maximum Gasteiger partial charge on any atom is 0.200 e. The SMILES string of the molecule is COc1cc(OC)cc(C2=C(O)N(C)C3=NC(SC)N=CC3=C2)c1. The Bertz CT molecular complexity index is 761. The van der Waals surface area contributed by atoms with Crippen molar-refractivity contribution in [3.8, 4) is 11.5 Å². The lowest BCUT2D eigenvalue weighted by Crippen LogP contribution is -2.34. The van der Waals surface area contributed by atoms with Crippen molar-refractivity contribution >= 4 is 29.4 Å². The van der Waals surface area contributed by atoms with Gasteiger partial charge < -0.3 is 14.6 Å². The van der Waals surface area contributed by atoms with E-state index in [1.165, 1.54) is 0 Å². The van der Waals surface area contributed by atoms with Gasteiger partial charge in [0.1, 0.15) is 17.3 Å². The first-order chi connectivity index (χ1) is 11.6. The number of rotatable bonds is 4. The topological polar surface area (TPSA) is 66.7 Å². The average molecular weight is 345 g/mol. The maximum absolute atomic E-state index is 10.7. The zero-order valence-corrected chi connectivity index (χ0v) is 14.8. The number of aliphatic hydroxyl groups excluding tert-OH is 1. The minimum absolute atomic E-state index is 0.128. The van der Waals surface area contributed by atoms with E-state index in [2.05, 4.69) is 9.98 Å². The standard InChI is InChI=1S/C17H19N3O3S/c1-20-15-11(9-18-17(19-15)24-4)7-14(16(20)21)10-5-12(22-2)8-13(6-10)23-3/h5-9,17,21H,1-4H3. The van der Waals surface area contributed by atoms with Crippen molar-refractivity contribution in [2.75, 3.05) is 27.5 Å². The molecule has 24 heavy (non-hydrogen) atoms. The second-order valence-corrected chi connectivity index (χ2v) is 6.18. The quantitative estimate of drug-likeness (QED) is 0.909. The molecule has 1 aromatic carbocycles. The summed E-state index contributed by atoms with van der Waals surface area (Å²) in [7, 11) is 4.98. The van der Waals surface area contributed by atoms with Crippen molar-refractivity contribution in [2.45, 2.75) is 5.50 Å². The Balaban J connectivity index is 2.08. The van der Waals surface area contributed by atoms with E-state index in [4.69, 9.17) is 9.47 Å². The lowest BCUT2D eigenvalue weighted by atomic mass is 9.98. The van der Waals surface area contributed by atoms with Crippen molar-refractivity contribution in [3.05, 3.63) is 41.3 Å². The molecule has 0 saturated heterocycles. The number of thioether (sulfide) groups is 1. The lowest BCUT2D eigenvalue weighted by Gasteiger charge is -2.29. The van der Waals surface area contributed by atoms with Crippen LogP contribution in [0.15, 0.2) is 45.7 Å². The predicted octanol–water partition coefficient (Wildman–Crippen LogP) is 2.93. The Morgan fingerprint density at radius 2 is 1.83 bits per heavy atom. The van der Waals surface area contributed by atoms with Gasteiger partial charge in [-0.25, -0.2) is 4.99 Å². The van der Waals surface area contributed by atoms with Gasteiger partial charge in [-0.3, -0.25) is 9.89 Å². The van der Waals surface area contributed by atoms with Crippen LogP contribution in [0.25, 0.3) is 5.57 Å². The van der Waals surface area contributed by atoms with Gasteiger partial charge in [-0.2, -0.15) is 0 Å². The summed E-state index contributed by atoms with van der Waals surface area (Å²) in [5.74, 6) is 2.15. The molecule has 0 aromatic heterocycles. The van der Waals surface area contributed by atoms with Gasteiger partial charge in [0.05, 0.1) is 14.2 Å². The number of fused-ring (bicyclic) bond motifs is 1. The van der Waals surface area contributed by atoms with E-state index >= 15 is 0 Å². The molecule has 0 radical (unpaired) electrons. The summed E-state index contributed by atoms with van der Waals surface area (Å²) in [4.78, 5) is 10.6. The predicted molar refractivity (Wildman–Crippen MR) is 98.2 cm³/mol. The average Bonchev–Trinajstić information content (AvgIpc) is 2.63. The minimum atomic E-state index is -0.175. The first-order valence-electron chi connectivity index (χ1n) is 7.33. The van der Waals surface area contributed by atoms with E-state index in [1.807, 2.05) is 24.5 Å². The number of hydrogen-bond acceptors (Lipinski definition) is 7. The van der Waals surface area contributed by atoms with Crippen LogP contribution < -0.4 is 9.47 Å². The molecule has 1 aromatic rings. The molecule has 6 nitrogen and oxygen atoms in total. The normalized spacial score (nSPS) is 19.7. The summed E-state index contributed by atoms with van der Waals surface area (Å²) < 4.78 is 10.6. The van der Waals surface area contributed by atoms with Gasteiger partial charge >= 0.3 is 0 Å². The third-order valence-corrected chi connectivity index (χ3v) is 4.53. The highest BCUT2D eigenvalue weighted by Gasteiger charge is 2.27. The minimum Gasteiger partial charge on any atom is -0.497 e. The van der Waals surface area contributed by atoms with Crippen LogP contribution in [0.1, 0.15) is 5.56 Å². The Morgan fingerprint density at radius 1 is 1.17 bits per heavy atom. The Morgan fingerprint density at radius 3 is 2.42 bits per heavy atom. The molecule has 3 rings (SSSR count). The third kappa shape index (κ3) is 2.87. The van der Waals surface area contributed by atoms with Crippen molar-refractivity contribution in [3.63, 3.8) is 0 Å². The van der Waals surface area contributed by atoms with E-state index in [-0.39, 0.29) is 11.4 Å². The molecule has 7 heteroatoms. The van der Waals surface area contributed by atoms with Gasteiger partial charge in [0.25, 0.3) is 0 Å². The fourth-order valence-electron chi connectivity index (χ4n) is 2.59. The number of amidine groups is 1. The molecule has 2 heterocycles. The van der Waals surface area contributed by atoms with Crippen LogP contribution in [-0.4, -0.2) is 55.1 Å². The maximum atomic E-state index is 10.7. The smallest absolute Gasteiger partial charge is 0.200 e. The van der Waals surface area contributed by atoms with Crippen LogP contribution in [-0.2, 0) is 0 Å². The third-order valence-electron chi connectivity index (χ3n) is 3.88. The highest BCUT2D eigenvalue weighted by atomic mass is 32.2. The monoisotopic (exact) mass is 345 g/mol. The van der Waals surface area contributed by atoms with E-state index in [0.717, 1.165) is 11.1 Å². The molecule has 2 aliphatic heterocycles. The first kappa shape index (κ1) is 16.4. The largest absolute Gasteiger partial charge is 0.497 e. The highest BCUT2D eigenvalue weighted by molar-refractivity contribution is 7.99. The zero-order valence-electron chi connectivity index (χ0n) is 14.0.